The van der Waals surface area contributed by atoms with E-state index in [0.717, 1.165) is 108 Å². The molecule has 2 saturated heterocycles. The molecule has 6 aliphatic rings. The number of unbranched alkanes of at least 4 members (excludes halogenated alkanes) is 2. The third kappa shape index (κ3) is 16.5. The molecule has 17 nitrogen and oxygen atoms in total. The molecular formula is C90H86N6O11. The van der Waals surface area contributed by atoms with Crippen LogP contribution in [0.25, 0.3) is 22.3 Å². The summed E-state index contributed by atoms with van der Waals surface area (Å²) >= 11 is 0. The van der Waals surface area contributed by atoms with E-state index in [-0.39, 0.29) is 48.3 Å². The number of nitrogens with zero attached hydrogens (tertiary/aromatic N) is 2. The summed E-state index contributed by atoms with van der Waals surface area (Å²) in [4.78, 5) is 86.6. The van der Waals surface area contributed by atoms with Crippen molar-refractivity contribution in [2.75, 3.05) is 30.8 Å². The van der Waals surface area contributed by atoms with Crippen molar-refractivity contribution in [3.63, 3.8) is 0 Å². The van der Waals surface area contributed by atoms with Crippen molar-refractivity contribution in [2.45, 2.75) is 126 Å². The first-order valence-corrected chi connectivity index (χ1v) is 37.1. The molecule has 107 heavy (non-hydrogen) atoms. The van der Waals surface area contributed by atoms with Gasteiger partial charge < -0.3 is 45.3 Å². The van der Waals surface area contributed by atoms with E-state index in [1.54, 1.807) is 21.9 Å². The number of carbonyl (C=O) groups is 7. The van der Waals surface area contributed by atoms with E-state index in [0.29, 0.717) is 85.7 Å². The lowest BCUT2D eigenvalue weighted by Crippen LogP contribution is -2.52. The standard InChI is InChI=1S/C45H43N3O5.C26H26O3.C19H17N3O3/c49-36-16-21-39-33(27-36)13-19-38(30-6-2-1-3-7-30)43(39)31-10-17-37(18-11-31)53-25-5-4-24-46-35-14-8-29(9-15-35)32-12-20-40-34(26-32)28-48(45(40)52)41-22-23-42(50)47-44(41)51;27-16-4-5-17-29-23-12-8-20(9-13-23)26-24(19-6-2-1-3-7-19)14-10-21-18-22(28)11-15-25(21)26;20-14-4-1-11(2-5-14)12-3-6-15-13(9-12)10-22(19(15)25)16-7-8-17(23)21-18(16)24/h1-3,6-12,14-18,20-21,26-27,38,41,43,46,49H,4-5,13,19,22-25,28H2,(H,47,50,51);1-3,6-9,11-13,15-16,18,24,26,28H,4-5,10,14,17H2;1-6,9,16H,7-8,10,20H2,(H,21,23,24)/t38-,41+,43+;24-,26+;16-/m110/s1. The van der Waals surface area contributed by atoms with Crippen LogP contribution in [0.2, 0.25) is 0 Å². The first-order valence-electron chi connectivity index (χ1n) is 37.1. The zero-order valence-corrected chi connectivity index (χ0v) is 59.5. The number of phenolic OH excluding ortho intramolecular Hbond substituents is 2. The molecule has 0 spiro atoms. The average Bonchev–Trinajstić information content (AvgIpc) is 1.70. The van der Waals surface area contributed by atoms with Gasteiger partial charge in [-0.2, -0.15) is 0 Å². The van der Waals surface area contributed by atoms with Crippen LogP contribution in [0.15, 0.2) is 231 Å². The number of fused-ring (bicyclic) bond motifs is 4. The van der Waals surface area contributed by atoms with E-state index in [9.17, 15) is 43.8 Å². The minimum Gasteiger partial charge on any atom is -0.508 e. The van der Waals surface area contributed by atoms with Crippen molar-refractivity contribution in [1.82, 2.24) is 20.4 Å². The van der Waals surface area contributed by atoms with Crippen LogP contribution in [0.4, 0.5) is 11.4 Å². The van der Waals surface area contributed by atoms with Crippen LogP contribution >= 0.6 is 0 Å². The van der Waals surface area contributed by atoms with Crippen LogP contribution < -0.4 is 31.2 Å². The number of hydrogen-bond acceptors (Lipinski definition) is 13. The summed E-state index contributed by atoms with van der Waals surface area (Å²) in [6.45, 7) is 2.76. The molecule has 0 radical (unpaired) electrons. The van der Waals surface area contributed by atoms with Crippen LogP contribution in [-0.4, -0.2) is 93.6 Å². The summed E-state index contributed by atoms with van der Waals surface area (Å²) in [5, 5.41) is 28.3. The number of nitrogen functional groups attached to an aromatic ring is 1. The van der Waals surface area contributed by atoms with Crippen LogP contribution in [0.1, 0.15) is 164 Å². The molecule has 2 aliphatic carbocycles. The summed E-state index contributed by atoms with van der Waals surface area (Å²) in [6.07, 6.45) is 9.32. The Labute approximate surface area is 622 Å². The normalized spacial score (nSPS) is 19.1. The Morgan fingerprint density at radius 1 is 0.439 bits per heavy atom. The molecule has 4 heterocycles. The SMILES string of the molecule is Nc1ccc(-c2ccc3c(c2)CN([C@H]2CCC(=O)NC2=O)C3=O)cc1.O=C1CC[C@H](N2Cc3cc(-c4ccc(NCCCCOc5ccc([C@@H]6c7ccc(O)cc7CC[C@@H]6c6ccccc6)cc5)cc4)ccc3C2=O)C(=O)N1.O=CCCCOc1ccc([C@@H]2c3ccc(O)cc3CC[C@@H]2c2ccccc2)cc1. The highest BCUT2D eigenvalue weighted by molar-refractivity contribution is 6.07. The second-order valence-electron chi connectivity index (χ2n) is 28.4. The zero-order valence-electron chi connectivity index (χ0n) is 59.5. The molecule has 2 fully saturated rings. The van der Waals surface area contributed by atoms with Crippen LogP contribution in [-0.2, 0) is 49.9 Å². The summed E-state index contributed by atoms with van der Waals surface area (Å²) in [6, 6.07) is 76.1. The molecule has 17 heteroatoms. The van der Waals surface area contributed by atoms with Gasteiger partial charge in [0.25, 0.3) is 11.8 Å². The number of benzene rings is 10. The lowest BCUT2D eigenvalue weighted by atomic mass is 9.69. The second kappa shape index (κ2) is 32.9. The highest BCUT2D eigenvalue weighted by atomic mass is 16.5. The first kappa shape index (κ1) is 71.9. The molecule has 10 aromatic rings. The number of nitrogens with one attached hydrogen (secondary N) is 3. The molecule has 0 bridgehead atoms. The molecule has 0 unspecified atom stereocenters. The number of carbonyl (C=O) groups excluding carboxylic acids is 7. The predicted octanol–water partition coefficient (Wildman–Crippen LogP) is 15.3. The van der Waals surface area contributed by atoms with Crippen LogP contribution in [0.5, 0.6) is 23.0 Å². The molecule has 6 atom stereocenters. The van der Waals surface area contributed by atoms with Gasteiger partial charge in [-0.3, -0.25) is 39.4 Å². The molecule has 7 N–H and O–H groups in total. The Bertz CT molecular complexity index is 4900. The van der Waals surface area contributed by atoms with Crippen molar-refractivity contribution in [3.8, 4) is 45.3 Å². The number of ether oxygens (including phenoxy) is 2. The third-order valence-corrected chi connectivity index (χ3v) is 21.5. The molecule has 16 rings (SSSR count). The number of nitrogens with two attached hydrogens (primary N) is 1. The molecule has 0 aromatic heterocycles. The number of aldehydes is 1. The summed E-state index contributed by atoms with van der Waals surface area (Å²) in [7, 11) is 0. The maximum Gasteiger partial charge on any atom is 0.255 e. The van der Waals surface area contributed by atoms with E-state index in [4.69, 9.17) is 15.2 Å². The van der Waals surface area contributed by atoms with E-state index in [2.05, 4.69) is 149 Å². The van der Waals surface area contributed by atoms with Gasteiger partial charge in [0.05, 0.1) is 13.2 Å². The molecule has 542 valence electrons. The highest BCUT2D eigenvalue weighted by Gasteiger charge is 2.41. The number of piperidine rings is 2. The Balaban J connectivity index is 0.000000149. The minimum atomic E-state index is -0.614. The molecule has 0 saturated carbocycles. The van der Waals surface area contributed by atoms with E-state index < -0.39 is 23.9 Å². The lowest BCUT2D eigenvalue weighted by Gasteiger charge is -2.34. The number of anilines is 2. The average molecular weight is 1430 g/mol. The number of aromatic hydroxyl groups is 2. The zero-order chi connectivity index (χ0) is 73.9. The van der Waals surface area contributed by atoms with Gasteiger partial charge in [-0.15, -0.1) is 0 Å². The maximum atomic E-state index is 13.1. The summed E-state index contributed by atoms with van der Waals surface area (Å²) in [5.41, 5.74) is 24.8. The van der Waals surface area contributed by atoms with Gasteiger partial charge in [-0.05, 0) is 245 Å². The largest absolute Gasteiger partial charge is 0.508 e. The fourth-order valence-corrected chi connectivity index (χ4v) is 16.1. The van der Waals surface area contributed by atoms with Gasteiger partial charge in [-0.25, -0.2) is 0 Å². The number of aryl methyl sites for hydroxylation is 2. The molecular weight excluding hydrogens is 1340 g/mol. The Hall–Kier alpha value is -12.1. The van der Waals surface area contributed by atoms with Gasteiger partial charge in [0.1, 0.15) is 41.4 Å². The van der Waals surface area contributed by atoms with E-state index >= 15 is 0 Å². The fourth-order valence-electron chi connectivity index (χ4n) is 16.1. The number of rotatable bonds is 20. The van der Waals surface area contributed by atoms with Crippen LogP contribution in [0, 0.1) is 0 Å². The van der Waals surface area contributed by atoms with Gasteiger partial charge in [0, 0.05) is 73.2 Å². The van der Waals surface area contributed by atoms with Gasteiger partial charge in [-0.1, -0.05) is 133 Å². The smallest absolute Gasteiger partial charge is 0.255 e. The van der Waals surface area contributed by atoms with E-state index in [1.807, 2.05) is 84.9 Å². The number of phenols is 2. The minimum absolute atomic E-state index is 0.159. The van der Waals surface area contributed by atoms with Crippen molar-refractivity contribution in [3.05, 3.63) is 297 Å². The van der Waals surface area contributed by atoms with Crippen LogP contribution in [0.3, 0.4) is 0 Å². The van der Waals surface area contributed by atoms with E-state index in [1.165, 1.54) is 44.5 Å². The number of amides is 6. The van der Waals surface area contributed by atoms with Crippen molar-refractivity contribution in [2.24, 2.45) is 0 Å². The summed E-state index contributed by atoms with van der Waals surface area (Å²) in [5.74, 6) is 1.91. The maximum absolute atomic E-state index is 13.1. The highest BCUT2D eigenvalue weighted by Crippen LogP contribution is 2.49. The van der Waals surface area contributed by atoms with Crippen molar-refractivity contribution in [1.29, 1.82) is 0 Å². The Morgan fingerprint density at radius 2 is 0.879 bits per heavy atom. The van der Waals surface area contributed by atoms with Crippen molar-refractivity contribution < 1.29 is 53.2 Å². The summed E-state index contributed by atoms with van der Waals surface area (Å²) < 4.78 is 11.9. The quantitative estimate of drug-likeness (QED) is 0.0180. The topological polar surface area (TPSA) is 247 Å². The van der Waals surface area contributed by atoms with Gasteiger partial charge in [0.15, 0.2) is 0 Å². The van der Waals surface area contributed by atoms with Crippen molar-refractivity contribution >= 4 is 53.1 Å². The molecule has 6 amide bonds. The second-order valence-corrected chi connectivity index (χ2v) is 28.4. The Kier molecular flexibility index (Phi) is 22.1. The number of hydrogen-bond donors (Lipinski definition) is 6. The number of imide groups is 2. The first-order chi connectivity index (χ1) is 52.2. The third-order valence-electron chi connectivity index (χ3n) is 21.5. The fraction of sp³-hybridized carbons (Fsp3) is 0.256. The predicted molar refractivity (Wildman–Crippen MR) is 412 cm³/mol. The van der Waals surface area contributed by atoms with Gasteiger partial charge >= 0.3 is 0 Å². The molecule has 4 aliphatic heterocycles. The lowest BCUT2D eigenvalue weighted by molar-refractivity contribution is -0.138. The monoisotopic (exact) mass is 1430 g/mol. The molecule has 10 aromatic carbocycles. The Morgan fingerprint density at radius 3 is 1.33 bits per heavy atom. The van der Waals surface area contributed by atoms with Gasteiger partial charge in [0.2, 0.25) is 23.6 Å².